The molecule has 7 nitrogen and oxygen atoms in total. The number of hydrogen-bond donors (Lipinski definition) is 1. The molecule has 0 spiro atoms. The van der Waals surface area contributed by atoms with Gasteiger partial charge in [-0.1, -0.05) is 41.5 Å². The van der Waals surface area contributed by atoms with Gasteiger partial charge in [0.1, 0.15) is 29.5 Å². The number of halogens is 1. The Morgan fingerprint density at radius 2 is 1.84 bits per heavy atom. The van der Waals surface area contributed by atoms with Crippen molar-refractivity contribution in [2.24, 2.45) is 0 Å². The lowest BCUT2D eigenvalue weighted by Crippen LogP contribution is -2.32. The molecule has 1 aromatic heterocycles. The summed E-state index contributed by atoms with van der Waals surface area (Å²) in [6.07, 6.45) is -0.535. The molecule has 2 aliphatic heterocycles. The molecule has 3 aromatic carbocycles. The Labute approximate surface area is 183 Å². The predicted molar refractivity (Wildman–Crippen MR) is 116 cm³/mol. The van der Waals surface area contributed by atoms with Gasteiger partial charge in [-0.25, -0.2) is 4.39 Å². The van der Waals surface area contributed by atoms with Gasteiger partial charge in [0.15, 0.2) is 0 Å². The maximum atomic E-state index is 14.2. The molecule has 0 unspecified atom stereocenters. The van der Waals surface area contributed by atoms with Gasteiger partial charge in [-0.15, -0.1) is 0 Å². The smallest absolute Gasteiger partial charge is 0.248 e. The van der Waals surface area contributed by atoms with E-state index in [0.29, 0.717) is 17.3 Å². The van der Waals surface area contributed by atoms with Gasteiger partial charge < -0.3 is 14.8 Å². The number of ether oxygens (including phenoxy) is 2. The molecule has 0 bridgehead atoms. The van der Waals surface area contributed by atoms with Crippen molar-refractivity contribution < 1.29 is 13.9 Å². The summed E-state index contributed by atoms with van der Waals surface area (Å²) in [7, 11) is 1.63. The Balaban J connectivity index is 1.61. The molecule has 158 valence electrons. The fraction of sp³-hybridized carbons (Fsp3) is 0.125. The molecule has 0 saturated heterocycles. The molecule has 4 aromatic rings. The quantitative estimate of drug-likeness (QED) is 0.523. The minimum Gasteiger partial charge on any atom is -0.497 e. The number of methoxy groups -OCH3 is 1. The van der Waals surface area contributed by atoms with Crippen molar-refractivity contribution in [1.29, 1.82) is 0 Å². The highest BCUT2D eigenvalue weighted by Crippen LogP contribution is 2.50. The summed E-state index contributed by atoms with van der Waals surface area (Å²) in [6, 6.07) is 21.7. The van der Waals surface area contributed by atoms with Crippen molar-refractivity contribution in [3.63, 3.8) is 0 Å². The number of nitrogens with zero attached hydrogens (tertiary/aromatic N) is 4. The van der Waals surface area contributed by atoms with Crippen molar-refractivity contribution in [3.05, 3.63) is 101 Å². The molecule has 3 heterocycles. The number of tetrazole rings is 1. The topological polar surface area (TPSA) is 74.1 Å². The number of para-hydroxylation sites is 1. The molecule has 0 amide bonds. The molecule has 0 aliphatic carbocycles. The fourth-order valence-electron chi connectivity index (χ4n) is 4.39. The average Bonchev–Trinajstić information content (AvgIpc) is 3.30. The molecule has 6 rings (SSSR count). The van der Waals surface area contributed by atoms with Gasteiger partial charge in [0.2, 0.25) is 5.95 Å². The molecule has 8 heteroatoms. The number of nitrogens with one attached hydrogen (secondary N) is 1. The van der Waals surface area contributed by atoms with Crippen LogP contribution in [0.25, 0.3) is 5.70 Å². The second-order valence-corrected chi connectivity index (χ2v) is 7.63. The van der Waals surface area contributed by atoms with Crippen LogP contribution >= 0.6 is 0 Å². The average molecular weight is 427 g/mol. The summed E-state index contributed by atoms with van der Waals surface area (Å²) in [5.41, 5.74) is 4.34. The molecule has 0 fully saturated rings. The summed E-state index contributed by atoms with van der Waals surface area (Å²) in [5, 5.41) is 15.7. The van der Waals surface area contributed by atoms with Crippen LogP contribution in [0.3, 0.4) is 0 Å². The van der Waals surface area contributed by atoms with Crippen LogP contribution in [0.1, 0.15) is 28.8 Å². The lowest BCUT2D eigenvalue weighted by Gasteiger charge is -2.38. The molecule has 32 heavy (non-hydrogen) atoms. The number of benzene rings is 3. The number of hydrogen-bond acceptors (Lipinski definition) is 6. The normalized spacial score (nSPS) is 18.7. The van der Waals surface area contributed by atoms with Crippen molar-refractivity contribution >= 4 is 11.6 Å². The highest BCUT2D eigenvalue weighted by molar-refractivity contribution is 5.85. The zero-order valence-corrected chi connectivity index (χ0v) is 17.1. The van der Waals surface area contributed by atoms with Gasteiger partial charge in [0.05, 0.1) is 12.8 Å². The zero-order valence-electron chi connectivity index (χ0n) is 17.1. The standard InChI is InChI=1S/C24H18FN5O2/c1-31-17-11-9-14(10-12-17)22-20-21(26-24-27-28-29-30(22)24)18-7-2-3-8-19(18)32-23(20)15-5-4-6-16(25)13-15/h2-13,22-23H,1H3,(H,26,27,29)/t22-,23-/m1/s1. The first-order chi connectivity index (χ1) is 15.7. The predicted octanol–water partition coefficient (Wildman–Crippen LogP) is 4.38. The molecule has 2 aliphatic rings. The lowest BCUT2D eigenvalue weighted by molar-refractivity contribution is 0.222. The largest absolute Gasteiger partial charge is 0.497 e. The summed E-state index contributed by atoms with van der Waals surface area (Å²) in [5.74, 6) is 1.67. The minimum atomic E-state index is -0.535. The number of rotatable bonds is 3. The van der Waals surface area contributed by atoms with E-state index in [1.54, 1.807) is 17.9 Å². The summed E-state index contributed by atoms with van der Waals surface area (Å²) in [4.78, 5) is 0. The maximum absolute atomic E-state index is 14.2. The van der Waals surface area contributed by atoms with Crippen LogP contribution in [-0.2, 0) is 0 Å². The molecular formula is C24H18FN5O2. The van der Waals surface area contributed by atoms with Crippen molar-refractivity contribution in [3.8, 4) is 11.5 Å². The monoisotopic (exact) mass is 427 g/mol. The second-order valence-electron chi connectivity index (χ2n) is 7.63. The Morgan fingerprint density at radius 3 is 2.66 bits per heavy atom. The van der Waals surface area contributed by atoms with Gasteiger partial charge in [0, 0.05) is 11.1 Å². The van der Waals surface area contributed by atoms with E-state index in [0.717, 1.165) is 28.1 Å². The van der Waals surface area contributed by atoms with Crippen LogP contribution in [0.2, 0.25) is 0 Å². The van der Waals surface area contributed by atoms with E-state index >= 15 is 0 Å². The Bertz CT molecular complexity index is 1350. The minimum absolute atomic E-state index is 0.319. The maximum Gasteiger partial charge on any atom is 0.248 e. The molecule has 1 N–H and O–H groups in total. The number of fused-ring (bicyclic) bond motifs is 3. The first-order valence-corrected chi connectivity index (χ1v) is 10.2. The van der Waals surface area contributed by atoms with Gasteiger partial charge in [0.25, 0.3) is 0 Å². The van der Waals surface area contributed by atoms with Gasteiger partial charge in [-0.05, 0) is 58.0 Å². The number of aromatic nitrogens is 4. The molecule has 2 atom stereocenters. The van der Waals surface area contributed by atoms with E-state index in [1.807, 2.05) is 54.6 Å². The third-order valence-electron chi connectivity index (χ3n) is 5.82. The first kappa shape index (κ1) is 18.6. The second kappa shape index (κ2) is 7.19. The van der Waals surface area contributed by atoms with E-state index in [9.17, 15) is 4.39 Å². The number of anilines is 1. The van der Waals surface area contributed by atoms with Gasteiger partial charge >= 0.3 is 0 Å². The Kier molecular flexibility index (Phi) is 4.17. The summed E-state index contributed by atoms with van der Waals surface area (Å²) < 4.78 is 27.7. The molecule has 0 saturated carbocycles. The molecule has 0 radical (unpaired) electrons. The highest BCUT2D eigenvalue weighted by Gasteiger charge is 2.41. The van der Waals surface area contributed by atoms with E-state index in [-0.39, 0.29) is 11.9 Å². The van der Waals surface area contributed by atoms with E-state index in [4.69, 9.17) is 9.47 Å². The summed E-state index contributed by atoms with van der Waals surface area (Å²) >= 11 is 0. The van der Waals surface area contributed by atoms with Crippen LogP contribution in [0.4, 0.5) is 10.3 Å². The third-order valence-corrected chi connectivity index (χ3v) is 5.82. The van der Waals surface area contributed by atoms with Gasteiger partial charge in [-0.3, -0.25) is 0 Å². The van der Waals surface area contributed by atoms with Crippen molar-refractivity contribution in [2.45, 2.75) is 12.1 Å². The Morgan fingerprint density at radius 1 is 1.00 bits per heavy atom. The molecular weight excluding hydrogens is 409 g/mol. The van der Waals surface area contributed by atoms with Gasteiger partial charge in [-0.2, -0.15) is 4.68 Å². The van der Waals surface area contributed by atoms with Crippen LogP contribution in [-0.4, -0.2) is 27.3 Å². The van der Waals surface area contributed by atoms with Crippen LogP contribution in [0.15, 0.2) is 78.4 Å². The fourth-order valence-corrected chi connectivity index (χ4v) is 4.39. The van der Waals surface area contributed by atoms with Crippen LogP contribution in [0, 0.1) is 5.82 Å². The van der Waals surface area contributed by atoms with E-state index in [1.165, 1.54) is 12.1 Å². The van der Waals surface area contributed by atoms with E-state index in [2.05, 4.69) is 20.8 Å². The van der Waals surface area contributed by atoms with Crippen molar-refractivity contribution in [2.75, 3.05) is 12.4 Å². The first-order valence-electron chi connectivity index (χ1n) is 10.2. The SMILES string of the molecule is COc1ccc([C@@H]2C3=C(Nc4nnnn42)c2ccccc2O[C@@H]3c2cccc(F)c2)cc1. The highest BCUT2D eigenvalue weighted by atomic mass is 19.1. The van der Waals surface area contributed by atoms with Crippen LogP contribution < -0.4 is 14.8 Å². The van der Waals surface area contributed by atoms with Crippen molar-refractivity contribution in [1.82, 2.24) is 20.2 Å². The Hall–Kier alpha value is -4.20. The lowest BCUT2D eigenvalue weighted by atomic mass is 9.84. The summed E-state index contributed by atoms with van der Waals surface area (Å²) in [6.45, 7) is 0. The van der Waals surface area contributed by atoms with E-state index < -0.39 is 6.10 Å². The third kappa shape index (κ3) is 2.84. The zero-order chi connectivity index (χ0) is 21.7. The van der Waals surface area contributed by atoms with Crippen LogP contribution in [0.5, 0.6) is 11.5 Å².